The zero-order chi connectivity index (χ0) is 11.0. The summed E-state index contributed by atoms with van der Waals surface area (Å²) in [6.07, 6.45) is 5.87. The number of rotatable bonds is 1. The second-order valence-electron chi connectivity index (χ2n) is 7.84. The fourth-order valence-corrected chi connectivity index (χ4v) is 8.16. The molecule has 5 aliphatic rings. The first-order valence-corrected chi connectivity index (χ1v) is 7.35. The molecule has 1 heteroatoms. The van der Waals surface area contributed by atoms with Gasteiger partial charge in [0.25, 0.3) is 0 Å². The molecule has 0 amide bonds. The normalized spacial score (nSPS) is 77.1. The second kappa shape index (κ2) is 1.92. The zero-order valence-electron chi connectivity index (χ0n) is 10.8. The molecule has 1 aliphatic heterocycles. The SMILES string of the molecule is CCC1CC2(C)C3C14NCCCC1(C)C4C312. The van der Waals surface area contributed by atoms with Crippen molar-refractivity contribution in [2.45, 2.75) is 52.0 Å². The molecule has 0 bridgehead atoms. The molecule has 0 radical (unpaired) electrons. The van der Waals surface area contributed by atoms with Crippen LogP contribution in [0.4, 0.5) is 0 Å². The molecule has 0 aromatic carbocycles. The highest BCUT2D eigenvalue weighted by Gasteiger charge is 3.11. The van der Waals surface area contributed by atoms with Crippen molar-refractivity contribution < 1.29 is 0 Å². The molecule has 1 heterocycles. The number of nitrogens with one attached hydrogen (secondary N) is 1. The highest BCUT2D eigenvalue weighted by Crippen LogP contribution is 3.11. The first-order chi connectivity index (χ1) is 7.60. The first kappa shape index (κ1) is 8.97. The van der Waals surface area contributed by atoms with Crippen molar-refractivity contribution >= 4 is 0 Å². The Morgan fingerprint density at radius 1 is 1.19 bits per heavy atom. The third-order valence-electron chi connectivity index (χ3n) is 8.01. The summed E-state index contributed by atoms with van der Waals surface area (Å²) in [7, 11) is 0. The van der Waals surface area contributed by atoms with E-state index in [1.807, 2.05) is 0 Å². The molecule has 4 saturated carbocycles. The van der Waals surface area contributed by atoms with Gasteiger partial charge in [0.2, 0.25) is 0 Å². The Labute approximate surface area is 98.4 Å². The van der Waals surface area contributed by atoms with Gasteiger partial charge >= 0.3 is 0 Å². The minimum Gasteiger partial charge on any atom is -0.310 e. The van der Waals surface area contributed by atoms with Gasteiger partial charge in [-0.3, -0.25) is 0 Å². The summed E-state index contributed by atoms with van der Waals surface area (Å²) in [5, 5.41) is 4.04. The standard InChI is InChI=1S/C15H23N/c1-4-9-8-13(3)11-14(9)10-12(2,15(10,11)13)6-5-7-16-14/h9-11,16H,4-8H2,1-3H3. The van der Waals surface area contributed by atoms with Gasteiger partial charge in [-0.2, -0.15) is 0 Å². The average molecular weight is 217 g/mol. The van der Waals surface area contributed by atoms with Gasteiger partial charge in [-0.1, -0.05) is 27.2 Å². The average Bonchev–Trinajstić information content (AvgIpc) is 2.87. The first-order valence-electron chi connectivity index (χ1n) is 7.35. The zero-order valence-corrected chi connectivity index (χ0v) is 10.8. The van der Waals surface area contributed by atoms with Crippen LogP contribution >= 0.6 is 0 Å². The van der Waals surface area contributed by atoms with Crippen LogP contribution in [-0.2, 0) is 0 Å². The van der Waals surface area contributed by atoms with Gasteiger partial charge in [0.15, 0.2) is 0 Å². The van der Waals surface area contributed by atoms with Crippen molar-refractivity contribution in [3.8, 4) is 0 Å². The number of hydrogen-bond donors (Lipinski definition) is 1. The lowest BCUT2D eigenvalue weighted by molar-refractivity contribution is 0.0733. The summed E-state index contributed by atoms with van der Waals surface area (Å²) >= 11 is 0. The summed E-state index contributed by atoms with van der Waals surface area (Å²) in [5.41, 5.74) is 2.97. The van der Waals surface area contributed by atoms with E-state index in [0.29, 0.717) is 5.54 Å². The lowest BCUT2D eigenvalue weighted by atomic mass is 9.66. The minimum atomic E-state index is 0.620. The van der Waals surface area contributed by atoms with Gasteiger partial charge < -0.3 is 5.32 Å². The molecular weight excluding hydrogens is 194 g/mol. The Morgan fingerprint density at radius 3 is 2.69 bits per heavy atom. The highest BCUT2D eigenvalue weighted by atomic mass is 15.3. The maximum atomic E-state index is 4.04. The van der Waals surface area contributed by atoms with Crippen molar-refractivity contribution in [3.05, 3.63) is 0 Å². The fourth-order valence-electron chi connectivity index (χ4n) is 8.16. The Balaban J connectivity index is 1.72. The Bertz CT molecular complexity index is 418. The molecule has 4 aliphatic carbocycles. The predicted molar refractivity (Wildman–Crippen MR) is 64.0 cm³/mol. The van der Waals surface area contributed by atoms with Crippen molar-refractivity contribution in [1.29, 1.82) is 0 Å². The van der Waals surface area contributed by atoms with E-state index in [0.717, 1.165) is 34.0 Å². The van der Waals surface area contributed by atoms with Crippen LogP contribution in [0, 0.1) is 34.0 Å². The van der Waals surface area contributed by atoms with Crippen molar-refractivity contribution in [3.63, 3.8) is 0 Å². The van der Waals surface area contributed by atoms with E-state index < -0.39 is 0 Å². The molecule has 5 fully saturated rings. The van der Waals surface area contributed by atoms with E-state index in [4.69, 9.17) is 0 Å². The van der Waals surface area contributed by atoms with Crippen LogP contribution in [-0.4, -0.2) is 12.1 Å². The Kier molecular flexibility index (Phi) is 1.08. The number of hydrogen-bond acceptors (Lipinski definition) is 1. The highest BCUT2D eigenvalue weighted by molar-refractivity contribution is 5.60. The van der Waals surface area contributed by atoms with Crippen molar-refractivity contribution in [2.24, 2.45) is 34.0 Å². The topological polar surface area (TPSA) is 12.0 Å². The Hall–Kier alpha value is -0.0400. The Morgan fingerprint density at radius 2 is 1.94 bits per heavy atom. The molecule has 1 N–H and O–H groups in total. The van der Waals surface area contributed by atoms with Crippen LogP contribution in [0.15, 0.2) is 0 Å². The van der Waals surface area contributed by atoms with E-state index in [2.05, 4.69) is 26.1 Å². The van der Waals surface area contributed by atoms with Crippen LogP contribution in [0.2, 0.25) is 0 Å². The summed E-state index contributed by atoms with van der Waals surface area (Å²) in [6.45, 7) is 8.97. The summed E-state index contributed by atoms with van der Waals surface area (Å²) < 4.78 is 0. The fraction of sp³-hybridized carbons (Fsp3) is 1.00. The summed E-state index contributed by atoms with van der Waals surface area (Å²) in [6, 6.07) is 0. The molecule has 88 valence electrons. The largest absolute Gasteiger partial charge is 0.310 e. The van der Waals surface area contributed by atoms with E-state index in [-0.39, 0.29) is 0 Å². The smallest absolute Gasteiger partial charge is 0.0288 e. The molecule has 2 spiro atoms. The van der Waals surface area contributed by atoms with E-state index >= 15 is 0 Å². The molecular formula is C15H23N. The third kappa shape index (κ3) is 0.453. The molecule has 1 saturated heterocycles. The molecule has 7 unspecified atom stereocenters. The molecule has 16 heavy (non-hydrogen) atoms. The van der Waals surface area contributed by atoms with E-state index in [9.17, 15) is 0 Å². The van der Waals surface area contributed by atoms with Gasteiger partial charge in [-0.05, 0) is 59.8 Å². The monoisotopic (exact) mass is 217 g/mol. The van der Waals surface area contributed by atoms with Gasteiger partial charge in [0.05, 0.1) is 0 Å². The molecule has 0 aromatic heterocycles. The van der Waals surface area contributed by atoms with Gasteiger partial charge in [0, 0.05) is 5.54 Å². The van der Waals surface area contributed by atoms with Crippen LogP contribution in [0.25, 0.3) is 0 Å². The lowest BCUT2D eigenvalue weighted by Crippen LogP contribution is -2.59. The summed E-state index contributed by atoms with van der Waals surface area (Å²) in [4.78, 5) is 0. The van der Waals surface area contributed by atoms with Crippen LogP contribution in [0.5, 0.6) is 0 Å². The predicted octanol–water partition coefficient (Wildman–Crippen LogP) is 2.81. The maximum Gasteiger partial charge on any atom is 0.0288 e. The minimum absolute atomic E-state index is 0.620. The quantitative estimate of drug-likeness (QED) is 0.712. The van der Waals surface area contributed by atoms with E-state index in [1.165, 1.54) is 32.2 Å². The second-order valence-corrected chi connectivity index (χ2v) is 7.84. The van der Waals surface area contributed by atoms with Crippen molar-refractivity contribution in [2.75, 3.05) is 6.54 Å². The van der Waals surface area contributed by atoms with Crippen LogP contribution in [0.3, 0.4) is 0 Å². The van der Waals surface area contributed by atoms with Gasteiger partial charge in [-0.25, -0.2) is 0 Å². The lowest BCUT2D eigenvalue weighted by Gasteiger charge is -2.47. The summed E-state index contributed by atoms with van der Waals surface area (Å²) in [5.74, 6) is 3.14. The molecule has 1 nitrogen and oxygen atoms in total. The molecule has 0 aromatic rings. The maximum absolute atomic E-state index is 4.04. The molecule has 5 rings (SSSR count). The van der Waals surface area contributed by atoms with Crippen LogP contribution in [0.1, 0.15) is 46.5 Å². The van der Waals surface area contributed by atoms with Crippen LogP contribution < -0.4 is 5.32 Å². The molecule has 7 atom stereocenters. The van der Waals surface area contributed by atoms with Gasteiger partial charge in [0.1, 0.15) is 0 Å². The third-order valence-corrected chi connectivity index (χ3v) is 8.01. The van der Waals surface area contributed by atoms with E-state index in [1.54, 1.807) is 0 Å². The van der Waals surface area contributed by atoms with Crippen molar-refractivity contribution in [1.82, 2.24) is 5.32 Å². The van der Waals surface area contributed by atoms with Gasteiger partial charge in [-0.15, -0.1) is 0 Å².